The number of ether oxygens (including phenoxy) is 1. The minimum atomic E-state index is -0.677. The predicted octanol–water partition coefficient (Wildman–Crippen LogP) is 4.85. The lowest BCUT2D eigenvalue weighted by Gasteiger charge is -2.25. The molecule has 4 rings (SSSR count). The van der Waals surface area contributed by atoms with Gasteiger partial charge in [0.25, 0.3) is 0 Å². The molecule has 3 aromatic carbocycles. The fourth-order valence-corrected chi connectivity index (χ4v) is 4.97. The average Bonchev–Trinajstić information content (AvgIpc) is 3.31. The van der Waals surface area contributed by atoms with E-state index in [-0.39, 0.29) is 19.0 Å². The van der Waals surface area contributed by atoms with Crippen molar-refractivity contribution in [1.29, 1.82) is 0 Å². The number of thioether (sulfide) groups is 1. The Balaban J connectivity index is 1.41. The number of nitrogens with one attached hydrogen (secondary N) is 1. The molecule has 1 aliphatic rings. The van der Waals surface area contributed by atoms with Gasteiger partial charge < -0.3 is 15.2 Å². The van der Waals surface area contributed by atoms with Crippen LogP contribution in [0, 0.1) is 5.82 Å². The molecule has 2 unspecified atom stereocenters. The molecule has 2 atom stereocenters. The molecular weight excluding hydrogens is 517 g/mol. The van der Waals surface area contributed by atoms with Crippen LogP contribution < -0.4 is 10.2 Å². The number of aliphatic hydroxyl groups excluding tert-OH is 1. The first-order chi connectivity index (χ1) is 18.8. The number of hydrogen-bond acceptors (Lipinski definition) is 6. The lowest BCUT2D eigenvalue weighted by molar-refractivity contribution is -0.119. The maximum absolute atomic E-state index is 15.1. The van der Waals surface area contributed by atoms with Crippen LogP contribution in [-0.2, 0) is 16.1 Å². The predicted molar refractivity (Wildman–Crippen MR) is 153 cm³/mol. The number of nitrogens with zero attached hydrogens (tertiary/aromatic N) is 2. The summed E-state index contributed by atoms with van der Waals surface area (Å²) in [5.41, 5.74) is 3.43. The van der Waals surface area contributed by atoms with Crippen molar-refractivity contribution in [2.24, 2.45) is 0 Å². The fourth-order valence-electron chi connectivity index (χ4n) is 4.53. The van der Waals surface area contributed by atoms with Crippen LogP contribution in [0.3, 0.4) is 0 Å². The van der Waals surface area contributed by atoms with Crippen LogP contribution in [0.5, 0.6) is 0 Å². The zero-order valence-electron chi connectivity index (χ0n) is 22.2. The topological polar surface area (TPSA) is 82.1 Å². The van der Waals surface area contributed by atoms with Crippen LogP contribution in [0.2, 0.25) is 0 Å². The summed E-state index contributed by atoms with van der Waals surface area (Å²) in [7, 11) is 0. The molecule has 1 aliphatic heterocycles. The van der Waals surface area contributed by atoms with Crippen molar-refractivity contribution in [3.05, 3.63) is 89.7 Å². The zero-order chi connectivity index (χ0) is 27.8. The van der Waals surface area contributed by atoms with Crippen LogP contribution in [0.25, 0.3) is 11.1 Å². The van der Waals surface area contributed by atoms with E-state index in [4.69, 9.17) is 4.74 Å². The van der Waals surface area contributed by atoms with Gasteiger partial charge in [-0.15, -0.1) is 0 Å². The number of halogens is 1. The summed E-state index contributed by atoms with van der Waals surface area (Å²) < 4.78 is 20.4. The van der Waals surface area contributed by atoms with E-state index in [0.717, 1.165) is 24.4 Å². The van der Waals surface area contributed by atoms with E-state index in [0.29, 0.717) is 23.4 Å². The normalized spacial score (nSPS) is 15.9. The van der Waals surface area contributed by atoms with Crippen molar-refractivity contribution >= 4 is 29.4 Å². The highest BCUT2D eigenvalue weighted by Gasteiger charge is 2.32. The van der Waals surface area contributed by atoms with E-state index in [1.807, 2.05) is 30.3 Å². The Morgan fingerprint density at radius 3 is 2.59 bits per heavy atom. The number of carbonyl (C=O) groups excluding carboxylic acids is 2. The zero-order valence-corrected chi connectivity index (χ0v) is 23.0. The van der Waals surface area contributed by atoms with E-state index in [1.54, 1.807) is 36.0 Å². The Hall–Kier alpha value is -3.40. The Bertz CT molecular complexity index is 1260. The molecule has 9 heteroatoms. The van der Waals surface area contributed by atoms with Crippen molar-refractivity contribution in [1.82, 2.24) is 10.2 Å². The minimum absolute atomic E-state index is 0.206. The van der Waals surface area contributed by atoms with Gasteiger partial charge in [-0.1, -0.05) is 54.6 Å². The number of cyclic esters (lactones) is 1. The molecule has 1 heterocycles. The quantitative estimate of drug-likeness (QED) is 0.335. The molecule has 7 nitrogen and oxygen atoms in total. The van der Waals surface area contributed by atoms with E-state index < -0.39 is 24.1 Å². The van der Waals surface area contributed by atoms with Gasteiger partial charge in [0, 0.05) is 37.9 Å². The summed E-state index contributed by atoms with van der Waals surface area (Å²) in [5.74, 6) is 0.294. The molecule has 0 saturated carbocycles. The van der Waals surface area contributed by atoms with Gasteiger partial charge in [0.1, 0.15) is 11.9 Å². The molecular formula is C30H34FN3O4S. The second-order valence-corrected chi connectivity index (χ2v) is 10.6. The third kappa shape index (κ3) is 7.81. The standard InChI is InChI=1S/C30H34FN3O4S/c1-21(35)32-17-26-19-34(30(37)38-26)25-12-13-27(28(31)16-25)23-8-10-24(11-9-23)29(36)20-33(14-15-39-2)18-22-6-4-3-5-7-22/h3-13,16,26,29,36H,14-15,17-20H2,1-2H3,(H,32,35). The summed E-state index contributed by atoms with van der Waals surface area (Å²) in [6.07, 6.45) is 0.328. The van der Waals surface area contributed by atoms with Gasteiger partial charge in [-0.25, -0.2) is 9.18 Å². The summed E-state index contributed by atoms with van der Waals surface area (Å²) >= 11 is 1.77. The molecule has 39 heavy (non-hydrogen) atoms. The van der Waals surface area contributed by atoms with E-state index in [1.165, 1.54) is 23.5 Å². The maximum atomic E-state index is 15.1. The Morgan fingerprint density at radius 2 is 1.92 bits per heavy atom. The molecule has 1 saturated heterocycles. The van der Waals surface area contributed by atoms with Crippen LogP contribution in [-0.4, -0.2) is 66.3 Å². The maximum Gasteiger partial charge on any atom is 0.414 e. The largest absolute Gasteiger partial charge is 0.442 e. The number of rotatable bonds is 12. The molecule has 0 spiro atoms. The Labute approximate surface area is 233 Å². The SMILES string of the molecule is CSCCN(Cc1ccccc1)CC(O)c1ccc(-c2ccc(N3CC(CNC(C)=O)OC3=O)cc2F)cc1. The molecule has 2 amide bonds. The first-order valence-corrected chi connectivity index (χ1v) is 14.3. The highest BCUT2D eigenvalue weighted by atomic mass is 32.2. The number of benzene rings is 3. The Kier molecular flexibility index (Phi) is 9.97. The molecule has 206 valence electrons. The van der Waals surface area contributed by atoms with Crippen molar-refractivity contribution in [2.45, 2.75) is 25.7 Å². The smallest absolute Gasteiger partial charge is 0.414 e. The van der Waals surface area contributed by atoms with Gasteiger partial charge in [-0.2, -0.15) is 11.8 Å². The van der Waals surface area contributed by atoms with Crippen molar-refractivity contribution < 1.29 is 23.8 Å². The summed E-state index contributed by atoms with van der Waals surface area (Å²) in [5, 5.41) is 13.6. The lowest BCUT2D eigenvalue weighted by atomic mass is 10.0. The third-order valence-electron chi connectivity index (χ3n) is 6.62. The minimum Gasteiger partial charge on any atom is -0.442 e. The molecule has 3 aromatic rings. The highest BCUT2D eigenvalue weighted by molar-refractivity contribution is 7.98. The summed E-state index contributed by atoms with van der Waals surface area (Å²) in [4.78, 5) is 27.0. The monoisotopic (exact) mass is 551 g/mol. The molecule has 0 aromatic heterocycles. The van der Waals surface area contributed by atoms with E-state index >= 15 is 4.39 Å². The molecule has 2 N–H and O–H groups in total. The van der Waals surface area contributed by atoms with Crippen molar-refractivity contribution in [2.75, 3.05) is 43.1 Å². The van der Waals surface area contributed by atoms with Crippen LogP contribution in [0.1, 0.15) is 24.2 Å². The van der Waals surface area contributed by atoms with Crippen LogP contribution >= 0.6 is 11.8 Å². The summed E-state index contributed by atoms with van der Waals surface area (Å²) in [6.45, 7) is 3.94. The van der Waals surface area contributed by atoms with Crippen LogP contribution in [0.15, 0.2) is 72.8 Å². The second-order valence-electron chi connectivity index (χ2n) is 9.57. The number of anilines is 1. The van der Waals surface area contributed by atoms with Gasteiger partial charge >= 0.3 is 6.09 Å². The molecule has 1 fully saturated rings. The van der Waals surface area contributed by atoms with Gasteiger partial charge in [-0.3, -0.25) is 14.6 Å². The first kappa shape index (κ1) is 28.6. The lowest BCUT2D eigenvalue weighted by Crippen LogP contribution is -2.33. The van der Waals surface area contributed by atoms with E-state index in [9.17, 15) is 14.7 Å². The highest BCUT2D eigenvalue weighted by Crippen LogP contribution is 2.30. The number of hydrogen-bond donors (Lipinski definition) is 2. The number of aliphatic hydroxyl groups is 1. The molecule has 0 bridgehead atoms. The van der Waals surface area contributed by atoms with Crippen molar-refractivity contribution in [3.63, 3.8) is 0 Å². The average molecular weight is 552 g/mol. The Morgan fingerprint density at radius 1 is 1.18 bits per heavy atom. The third-order valence-corrected chi connectivity index (χ3v) is 7.21. The van der Waals surface area contributed by atoms with Crippen LogP contribution in [0.4, 0.5) is 14.9 Å². The second kappa shape index (κ2) is 13.6. The number of amides is 2. The summed E-state index contributed by atoms with van der Waals surface area (Å²) in [6, 6.07) is 22.1. The molecule has 0 aliphatic carbocycles. The van der Waals surface area contributed by atoms with Gasteiger partial charge in [0.05, 0.1) is 24.9 Å². The first-order valence-electron chi connectivity index (χ1n) is 12.9. The van der Waals surface area contributed by atoms with E-state index in [2.05, 4.69) is 28.6 Å². The van der Waals surface area contributed by atoms with Crippen molar-refractivity contribution in [3.8, 4) is 11.1 Å². The number of carbonyl (C=O) groups is 2. The van der Waals surface area contributed by atoms with Gasteiger partial charge in [0.15, 0.2) is 0 Å². The van der Waals surface area contributed by atoms with Gasteiger partial charge in [-0.05, 0) is 41.1 Å². The fraction of sp³-hybridized carbons (Fsp3) is 0.333. The van der Waals surface area contributed by atoms with Gasteiger partial charge in [0.2, 0.25) is 5.91 Å². The molecule has 0 radical (unpaired) electrons.